The third-order valence-corrected chi connectivity index (χ3v) is 3.65. The molecule has 1 N–H and O–H groups in total. The molecule has 0 aliphatic heterocycles. The SMILES string of the molecule is Cc1cnccc1CNCc1cc(C)n(C)c1C. The van der Waals surface area contributed by atoms with Gasteiger partial charge in [-0.05, 0) is 49.6 Å². The van der Waals surface area contributed by atoms with E-state index in [-0.39, 0.29) is 0 Å². The van der Waals surface area contributed by atoms with Crippen molar-refractivity contribution < 1.29 is 0 Å². The van der Waals surface area contributed by atoms with E-state index in [4.69, 9.17) is 0 Å². The molecule has 0 saturated carbocycles. The van der Waals surface area contributed by atoms with Crippen LogP contribution in [0.3, 0.4) is 0 Å². The van der Waals surface area contributed by atoms with Gasteiger partial charge in [-0.15, -0.1) is 0 Å². The molecule has 2 aromatic rings. The quantitative estimate of drug-likeness (QED) is 0.894. The van der Waals surface area contributed by atoms with Gasteiger partial charge in [0.1, 0.15) is 0 Å². The van der Waals surface area contributed by atoms with Gasteiger partial charge in [-0.1, -0.05) is 0 Å². The van der Waals surface area contributed by atoms with Gasteiger partial charge in [0.05, 0.1) is 0 Å². The molecule has 0 spiro atoms. The van der Waals surface area contributed by atoms with Crippen LogP contribution in [0.4, 0.5) is 0 Å². The highest BCUT2D eigenvalue weighted by Gasteiger charge is 2.05. The van der Waals surface area contributed by atoms with E-state index in [1.807, 2.05) is 12.4 Å². The number of pyridine rings is 1. The molecule has 96 valence electrons. The monoisotopic (exact) mass is 243 g/mol. The van der Waals surface area contributed by atoms with Crippen molar-refractivity contribution in [1.29, 1.82) is 0 Å². The van der Waals surface area contributed by atoms with Crippen LogP contribution in [0.5, 0.6) is 0 Å². The number of nitrogens with zero attached hydrogens (tertiary/aromatic N) is 2. The third-order valence-electron chi connectivity index (χ3n) is 3.65. The number of hydrogen-bond donors (Lipinski definition) is 1. The molecule has 0 bridgehead atoms. The standard InChI is InChI=1S/C15H21N3/c1-11-8-16-6-5-14(11)9-17-10-15-7-12(2)18(4)13(15)3/h5-8,17H,9-10H2,1-4H3. The van der Waals surface area contributed by atoms with Gasteiger partial charge in [-0.25, -0.2) is 0 Å². The van der Waals surface area contributed by atoms with Crippen molar-refractivity contribution in [2.75, 3.05) is 0 Å². The van der Waals surface area contributed by atoms with Crippen molar-refractivity contribution in [3.05, 3.63) is 52.6 Å². The van der Waals surface area contributed by atoms with Gasteiger partial charge in [0.25, 0.3) is 0 Å². The van der Waals surface area contributed by atoms with E-state index in [0.29, 0.717) is 0 Å². The van der Waals surface area contributed by atoms with Crippen LogP contribution in [0.15, 0.2) is 24.5 Å². The molecule has 0 aromatic carbocycles. The Morgan fingerprint density at radius 2 is 1.89 bits per heavy atom. The third kappa shape index (κ3) is 2.62. The summed E-state index contributed by atoms with van der Waals surface area (Å²) in [6, 6.07) is 4.33. The molecule has 0 amide bonds. The fourth-order valence-corrected chi connectivity index (χ4v) is 2.14. The number of rotatable bonds is 4. The van der Waals surface area contributed by atoms with Gasteiger partial charge >= 0.3 is 0 Å². The summed E-state index contributed by atoms with van der Waals surface area (Å²) < 4.78 is 2.23. The number of nitrogens with one attached hydrogen (secondary N) is 1. The lowest BCUT2D eigenvalue weighted by molar-refractivity contribution is 0.684. The molecule has 0 fully saturated rings. The van der Waals surface area contributed by atoms with Crippen LogP contribution in [0.2, 0.25) is 0 Å². The van der Waals surface area contributed by atoms with Crippen molar-refractivity contribution in [3.63, 3.8) is 0 Å². The average Bonchev–Trinajstić information content (AvgIpc) is 2.60. The lowest BCUT2D eigenvalue weighted by Gasteiger charge is -2.07. The fraction of sp³-hybridized carbons (Fsp3) is 0.400. The molecule has 0 saturated heterocycles. The Morgan fingerprint density at radius 1 is 1.17 bits per heavy atom. The average molecular weight is 243 g/mol. The van der Waals surface area contributed by atoms with Crippen molar-refractivity contribution in [1.82, 2.24) is 14.9 Å². The van der Waals surface area contributed by atoms with E-state index in [0.717, 1.165) is 13.1 Å². The van der Waals surface area contributed by atoms with Crippen LogP contribution < -0.4 is 5.32 Å². The van der Waals surface area contributed by atoms with E-state index in [1.54, 1.807) is 0 Å². The Morgan fingerprint density at radius 3 is 2.50 bits per heavy atom. The molecule has 0 radical (unpaired) electrons. The van der Waals surface area contributed by atoms with Crippen LogP contribution in [0.1, 0.15) is 28.1 Å². The lowest BCUT2D eigenvalue weighted by atomic mass is 10.1. The first-order valence-electron chi connectivity index (χ1n) is 6.31. The minimum atomic E-state index is 0.891. The second-order valence-electron chi connectivity index (χ2n) is 4.86. The van der Waals surface area contributed by atoms with Crippen LogP contribution in [0.25, 0.3) is 0 Å². The van der Waals surface area contributed by atoms with Gasteiger partial charge in [-0.3, -0.25) is 4.98 Å². The van der Waals surface area contributed by atoms with Gasteiger partial charge in [0.2, 0.25) is 0 Å². The maximum Gasteiger partial charge on any atom is 0.0300 e. The molecule has 2 heterocycles. The second kappa shape index (κ2) is 5.36. The predicted octanol–water partition coefficient (Wildman–Crippen LogP) is 2.64. The molecular formula is C15H21N3. The molecule has 18 heavy (non-hydrogen) atoms. The molecule has 0 aliphatic rings. The molecule has 0 atom stereocenters. The van der Waals surface area contributed by atoms with E-state index in [1.165, 1.54) is 28.1 Å². The van der Waals surface area contributed by atoms with E-state index < -0.39 is 0 Å². The first kappa shape index (κ1) is 12.8. The zero-order valence-electron chi connectivity index (χ0n) is 11.6. The van der Waals surface area contributed by atoms with Gasteiger partial charge in [0.15, 0.2) is 0 Å². The van der Waals surface area contributed by atoms with E-state index >= 15 is 0 Å². The fourth-order valence-electron chi connectivity index (χ4n) is 2.14. The maximum absolute atomic E-state index is 4.11. The van der Waals surface area contributed by atoms with Gasteiger partial charge in [-0.2, -0.15) is 0 Å². The Balaban J connectivity index is 1.97. The topological polar surface area (TPSA) is 29.9 Å². The Kier molecular flexibility index (Phi) is 3.82. The smallest absolute Gasteiger partial charge is 0.0300 e. The van der Waals surface area contributed by atoms with E-state index in [9.17, 15) is 0 Å². The predicted molar refractivity (Wildman–Crippen MR) is 74.4 cm³/mol. The minimum absolute atomic E-state index is 0.891. The van der Waals surface area contributed by atoms with Crippen LogP contribution in [0, 0.1) is 20.8 Å². The van der Waals surface area contributed by atoms with E-state index in [2.05, 4.69) is 54.8 Å². The van der Waals surface area contributed by atoms with Crippen molar-refractivity contribution >= 4 is 0 Å². The Hall–Kier alpha value is -1.61. The van der Waals surface area contributed by atoms with Gasteiger partial charge in [0, 0.05) is 43.9 Å². The first-order valence-corrected chi connectivity index (χ1v) is 6.31. The van der Waals surface area contributed by atoms with Crippen LogP contribution in [-0.4, -0.2) is 9.55 Å². The normalized spacial score (nSPS) is 10.9. The molecule has 3 nitrogen and oxygen atoms in total. The molecule has 0 unspecified atom stereocenters. The number of aromatic nitrogens is 2. The first-order chi connectivity index (χ1) is 8.59. The molecule has 2 aromatic heterocycles. The summed E-state index contributed by atoms with van der Waals surface area (Å²) in [5, 5.41) is 3.50. The number of aryl methyl sites for hydroxylation is 2. The van der Waals surface area contributed by atoms with Crippen LogP contribution >= 0.6 is 0 Å². The highest BCUT2D eigenvalue weighted by Crippen LogP contribution is 2.13. The number of hydrogen-bond acceptors (Lipinski definition) is 2. The summed E-state index contributed by atoms with van der Waals surface area (Å²) in [5.74, 6) is 0. The zero-order chi connectivity index (χ0) is 13.1. The molecule has 3 heteroatoms. The summed E-state index contributed by atoms with van der Waals surface area (Å²) in [6.45, 7) is 8.21. The Bertz CT molecular complexity index is 541. The summed E-state index contributed by atoms with van der Waals surface area (Å²) >= 11 is 0. The summed E-state index contributed by atoms with van der Waals surface area (Å²) in [5.41, 5.74) is 6.58. The minimum Gasteiger partial charge on any atom is -0.352 e. The highest BCUT2D eigenvalue weighted by molar-refractivity contribution is 5.26. The summed E-state index contributed by atoms with van der Waals surface area (Å²) in [4.78, 5) is 4.11. The van der Waals surface area contributed by atoms with Crippen molar-refractivity contribution in [3.8, 4) is 0 Å². The van der Waals surface area contributed by atoms with Crippen molar-refractivity contribution in [2.24, 2.45) is 7.05 Å². The Labute approximate surface area is 109 Å². The maximum atomic E-state index is 4.11. The summed E-state index contributed by atoms with van der Waals surface area (Å²) in [6.07, 6.45) is 3.76. The second-order valence-corrected chi connectivity index (χ2v) is 4.86. The van der Waals surface area contributed by atoms with Crippen LogP contribution in [-0.2, 0) is 20.1 Å². The summed E-state index contributed by atoms with van der Waals surface area (Å²) in [7, 11) is 2.11. The molecular weight excluding hydrogens is 222 g/mol. The molecule has 0 aliphatic carbocycles. The highest BCUT2D eigenvalue weighted by atomic mass is 15.0. The van der Waals surface area contributed by atoms with Crippen molar-refractivity contribution in [2.45, 2.75) is 33.9 Å². The zero-order valence-corrected chi connectivity index (χ0v) is 11.6. The largest absolute Gasteiger partial charge is 0.352 e. The molecule has 2 rings (SSSR count). The lowest BCUT2D eigenvalue weighted by Crippen LogP contribution is -2.14. The van der Waals surface area contributed by atoms with Gasteiger partial charge < -0.3 is 9.88 Å².